The van der Waals surface area contributed by atoms with E-state index < -0.39 is 0 Å². The van der Waals surface area contributed by atoms with E-state index in [-0.39, 0.29) is 0 Å². The fourth-order valence-electron chi connectivity index (χ4n) is 4.55. The van der Waals surface area contributed by atoms with Gasteiger partial charge < -0.3 is 10.3 Å². The number of benzene rings is 2. The first-order valence-electron chi connectivity index (χ1n) is 10.6. The van der Waals surface area contributed by atoms with E-state index in [1.54, 1.807) is 0 Å². The highest BCUT2D eigenvalue weighted by atomic mass is 15.0. The molecule has 6 rings (SSSR count). The highest BCUT2D eigenvalue weighted by Crippen LogP contribution is 2.33. The van der Waals surface area contributed by atoms with Crippen LogP contribution >= 0.6 is 0 Å². The highest BCUT2D eigenvalue weighted by Gasteiger charge is 2.16. The first kappa shape index (κ1) is 17.2. The van der Waals surface area contributed by atoms with E-state index in [1.807, 2.05) is 30.5 Å². The number of aromatic amines is 1. The van der Waals surface area contributed by atoms with E-state index in [4.69, 9.17) is 4.98 Å². The van der Waals surface area contributed by atoms with Crippen LogP contribution in [-0.2, 0) is 12.8 Å². The van der Waals surface area contributed by atoms with Gasteiger partial charge in [-0.25, -0.2) is 4.98 Å². The van der Waals surface area contributed by atoms with Gasteiger partial charge >= 0.3 is 0 Å². The Morgan fingerprint density at radius 3 is 2.67 bits per heavy atom. The number of H-pyrrole nitrogens is 1. The first-order chi connectivity index (χ1) is 14.8. The van der Waals surface area contributed by atoms with Crippen LogP contribution < -0.4 is 5.32 Å². The standard InChI is InChI=1S/C26H22N4/c1-2-7-17(8-3-1)24-16-25-20(10-6-14-27-25)26(30-24)28-18-12-13-23-21(15-18)19-9-4-5-11-22(19)29-23/h1-3,6-8,10,12-16,29H,4-5,9,11H2,(H,28,30). The van der Waals surface area contributed by atoms with Gasteiger partial charge in [0.1, 0.15) is 5.82 Å². The number of anilines is 2. The van der Waals surface area contributed by atoms with Gasteiger partial charge in [-0.05, 0) is 67.6 Å². The minimum Gasteiger partial charge on any atom is -0.358 e. The Labute approximate surface area is 175 Å². The summed E-state index contributed by atoms with van der Waals surface area (Å²) < 4.78 is 0. The summed E-state index contributed by atoms with van der Waals surface area (Å²) in [5, 5.41) is 5.93. The van der Waals surface area contributed by atoms with Crippen molar-refractivity contribution < 1.29 is 0 Å². The third-order valence-corrected chi connectivity index (χ3v) is 6.03. The number of fused-ring (bicyclic) bond motifs is 4. The molecule has 2 aromatic carbocycles. The molecule has 0 unspecified atom stereocenters. The molecule has 0 aliphatic heterocycles. The molecule has 146 valence electrons. The van der Waals surface area contributed by atoms with Crippen molar-refractivity contribution in [3.8, 4) is 11.3 Å². The number of hydrogen-bond acceptors (Lipinski definition) is 3. The predicted octanol–water partition coefficient (Wildman–Crippen LogP) is 6.40. The van der Waals surface area contributed by atoms with E-state index >= 15 is 0 Å². The smallest absolute Gasteiger partial charge is 0.140 e. The lowest BCUT2D eigenvalue weighted by Gasteiger charge is -2.13. The lowest BCUT2D eigenvalue weighted by molar-refractivity contribution is 0.680. The Morgan fingerprint density at radius 2 is 1.73 bits per heavy atom. The molecule has 5 aromatic rings. The number of hydrogen-bond donors (Lipinski definition) is 2. The van der Waals surface area contributed by atoms with Crippen LogP contribution in [0, 0.1) is 0 Å². The van der Waals surface area contributed by atoms with E-state index in [0.29, 0.717) is 0 Å². The molecule has 0 spiro atoms. The minimum atomic E-state index is 0.836. The van der Waals surface area contributed by atoms with Gasteiger partial charge in [-0.15, -0.1) is 0 Å². The molecule has 4 nitrogen and oxygen atoms in total. The van der Waals surface area contributed by atoms with Crippen LogP contribution in [0.2, 0.25) is 0 Å². The Morgan fingerprint density at radius 1 is 0.833 bits per heavy atom. The van der Waals surface area contributed by atoms with Crippen molar-refractivity contribution >= 4 is 33.3 Å². The van der Waals surface area contributed by atoms with Gasteiger partial charge in [0.2, 0.25) is 0 Å². The summed E-state index contributed by atoms with van der Waals surface area (Å²) >= 11 is 0. The molecular weight excluding hydrogens is 368 g/mol. The van der Waals surface area contributed by atoms with E-state index in [0.717, 1.165) is 46.5 Å². The van der Waals surface area contributed by atoms with Crippen LogP contribution in [0.15, 0.2) is 72.9 Å². The topological polar surface area (TPSA) is 53.6 Å². The molecule has 0 amide bonds. The van der Waals surface area contributed by atoms with Crippen molar-refractivity contribution in [2.45, 2.75) is 25.7 Å². The van der Waals surface area contributed by atoms with Crippen LogP contribution in [0.4, 0.5) is 11.5 Å². The van der Waals surface area contributed by atoms with Crippen molar-refractivity contribution in [2.75, 3.05) is 5.32 Å². The Kier molecular flexibility index (Phi) is 4.01. The van der Waals surface area contributed by atoms with Gasteiger partial charge in [-0.1, -0.05) is 30.3 Å². The SMILES string of the molecule is c1ccc(-c2cc3ncccc3c(Nc3ccc4[nH]c5c(c4c3)CCCC5)n2)cc1. The largest absolute Gasteiger partial charge is 0.358 e. The monoisotopic (exact) mass is 390 g/mol. The van der Waals surface area contributed by atoms with E-state index in [2.05, 4.69) is 57.7 Å². The fourth-order valence-corrected chi connectivity index (χ4v) is 4.55. The summed E-state index contributed by atoms with van der Waals surface area (Å²) in [7, 11) is 0. The second kappa shape index (κ2) is 6.99. The molecule has 0 atom stereocenters. The van der Waals surface area contributed by atoms with Crippen LogP contribution in [0.25, 0.3) is 33.1 Å². The summed E-state index contributed by atoms with van der Waals surface area (Å²) in [5.74, 6) is 0.836. The zero-order valence-corrected chi connectivity index (χ0v) is 16.7. The molecule has 1 aliphatic carbocycles. The zero-order valence-electron chi connectivity index (χ0n) is 16.7. The Hall–Kier alpha value is -3.66. The van der Waals surface area contributed by atoms with Crippen molar-refractivity contribution in [3.05, 3.63) is 84.2 Å². The molecule has 3 heterocycles. The average molecular weight is 390 g/mol. The summed E-state index contributed by atoms with van der Waals surface area (Å²) in [6.07, 6.45) is 6.70. The van der Waals surface area contributed by atoms with Crippen molar-refractivity contribution in [3.63, 3.8) is 0 Å². The maximum Gasteiger partial charge on any atom is 0.140 e. The number of aromatic nitrogens is 3. The molecule has 30 heavy (non-hydrogen) atoms. The second-order valence-electron chi connectivity index (χ2n) is 7.97. The number of rotatable bonds is 3. The lowest BCUT2D eigenvalue weighted by Crippen LogP contribution is -2.00. The van der Waals surface area contributed by atoms with Crippen LogP contribution in [-0.4, -0.2) is 15.0 Å². The summed E-state index contributed by atoms with van der Waals surface area (Å²) in [6, 6.07) is 22.9. The zero-order chi connectivity index (χ0) is 19.9. The molecule has 0 radical (unpaired) electrons. The second-order valence-corrected chi connectivity index (χ2v) is 7.97. The predicted molar refractivity (Wildman–Crippen MR) is 123 cm³/mol. The summed E-state index contributed by atoms with van der Waals surface area (Å²) in [6.45, 7) is 0. The lowest BCUT2D eigenvalue weighted by atomic mass is 9.95. The minimum absolute atomic E-state index is 0.836. The van der Waals surface area contributed by atoms with Gasteiger partial charge in [0.25, 0.3) is 0 Å². The molecular formula is C26H22N4. The molecule has 0 saturated heterocycles. The fraction of sp³-hybridized carbons (Fsp3) is 0.154. The van der Waals surface area contributed by atoms with Gasteiger partial charge in [0, 0.05) is 39.4 Å². The maximum absolute atomic E-state index is 4.96. The molecule has 0 saturated carbocycles. The third-order valence-electron chi connectivity index (χ3n) is 6.03. The van der Waals surface area contributed by atoms with Gasteiger partial charge in [0.15, 0.2) is 0 Å². The van der Waals surface area contributed by atoms with E-state index in [1.165, 1.54) is 35.0 Å². The van der Waals surface area contributed by atoms with Crippen molar-refractivity contribution in [1.29, 1.82) is 0 Å². The van der Waals surface area contributed by atoms with Crippen molar-refractivity contribution in [1.82, 2.24) is 15.0 Å². The number of nitrogens with zero attached hydrogens (tertiary/aromatic N) is 2. The molecule has 4 heteroatoms. The Balaban J connectivity index is 1.46. The number of pyridine rings is 2. The molecule has 2 N–H and O–H groups in total. The maximum atomic E-state index is 4.96. The highest BCUT2D eigenvalue weighted by molar-refractivity contribution is 5.95. The Bertz CT molecular complexity index is 1370. The van der Waals surface area contributed by atoms with Crippen LogP contribution in [0.3, 0.4) is 0 Å². The number of aryl methyl sites for hydroxylation is 2. The number of nitrogens with one attached hydrogen (secondary N) is 2. The third kappa shape index (κ3) is 2.92. The quantitative estimate of drug-likeness (QED) is 0.375. The van der Waals surface area contributed by atoms with Crippen LogP contribution in [0.1, 0.15) is 24.1 Å². The molecule has 3 aromatic heterocycles. The van der Waals surface area contributed by atoms with E-state index in [9.17, 15) is 0 Å². The van der Waals surface area contributed by atoms with Gasteiger partial charge in [-0.2, -0.15) is 0 Å². The van der Waals surface area contributed by atoms with Crippen LogP contribution in [0.5, 0.6) is 0 Å². The normalized spacial score (nSPS) is 13.5. The molecule has 1 aliphatic rings. The van der Waals surface area contributed by atoms with Gasteiger partial charge in [0.05, 0.1) is 11.2 Å². The summed E-state index contributed by atoms with van der Waals surface area (Å²) in [4.78, 5) is 13.2. The molecule has 0 bridgehead atoms. The van der Waals surface area contributed by atoms with Gasteiger partial charge in [-0.3, -0.25) is 4.98 Å². The summed E-state index contributed by atoms with van der Waals surface area (Å²) in [5.41, 5.74) is 8.12. The molecule has 0 fully saturated rings. The average Bonchev–Trinajstić information content (AvgIpc) is 3.18. The van der Waals surface area contributed by atoms with Crippen molar-refractivity contribution in [2.24, 2.45) is 0 Å². The first-order valence-corrected chi connectivity index (χ1v) is 10.6.